The zero-order valence-corrected chi connectivity index (χ0v) is 10.4. The zero-order valence-electron chi connectivity index (χ0n) is 9.62. The molecule has 5 heteroatoms. The number of hydrogen-bond acceptors (Lipinski definition) is 3. The summed E-state index contributed by atoms with van der Waals surface area (Å²) in [5, 5.41) is 3.16. The van der Waals surface area contributed by atoms with E-state index in [0.29, 0.717) is 16.5 Å². The minimum Gasteiger partial charge on any atom is -0.382 e. The maximum absolute atomic E-state index is 11.8. The molecule has 0 radical (unpaired) electrons. The minimum atomic E-state index is -0.185. The quantitative estimate of drug-likeness (QED) is 0.852. The summed E-state index contributed by atoms with van der Waals surface area (Å²) in [6, 6.07) is 1.62. The molecule has 1 heterocycles. The molecule has 1 amide bonds. The van der Waals surface area contributed by atoms with Crippen LogP contribution in [0.3, 0.4) is 0 Å². The van der Waals surface area contributed by atoms with Crippen LogP contribution in [0.25, 0.3) is 0 Å². The Kier molecular flexibility index (Phi) is 4.12. The number of nitrogens with two attached hydrogens (primary N) is 1. The Hall–Kier alpha value is -1.29. The molecule has 0 aromatic carbocycles. The number of nitrogens with zero attached hydrogens (tertiary/aromatic N) is 1. The van der Waals surface area contributed by atoms with Crippen molar-refractivity contribution in [3.8, 4) is 0 Å². The molecule has 1 atom stereocenters. The molecule has 0 saturated carbocycles. The SMILES string of the molecule is CC(C)C(C)NC(=O)c1cnc(N)c(Cl)c1. The molecule has 1 unspecified atom stereocenters. The number of aromatic nitrogens is 1. The second-order valence-electron chi connectivity index (χ2n) is 4.10. The molecule has 0 aliphatic carbocycles. The Bertz CT molecular complexity index is 393. The number of halogens is 1. The van der Waals surface area contributed by atoms with Crippen LogP contribution in [0.4, 0.5) is 5.82 Å². The number of nitrogen functional groups attached to an aromatic ring is 1. The third kappa shape index (κ3) is 3.10. The van der Waals surface area contributed by atoms with E-state index in [-0.39, 0.29) is 17.8 Å². The van der Waals surface area contributed by atoms with Crippen LogP contribution >= 0.6 is 11.6 Å². The topological polar surface area (TPSA) is 68.0 Å². The molecule has 0 saturated heterocycles. The van der Waals surface area contributed by atoms with Crippen molar-refractivity contribution in [2.24, 2.45) is 5.92 Å². The van der Waals surface area contributed by atoms with Gasteiger partial charge in [0.25, 0.3) is 5.91 Å². The first-order chi connectivity index (χ1) is 7.41. The lowest BCUT2D eigenvalue weighted by atomic mass is 10.1. The van der Waals surface area contributed by atoms with Crippen molar-refractivity contribution in [3.63, 3.8) is 0 Å². The van der Waals surface area contributed by atoms with Crippen molar-refractivity contribution in [3.05, 3.63) is 22.8 Å². The summed E-state index contributed by atoms with van der Waals surface area (Å²) in [6.45, 7) is 6.03. The average Bonchev–Trinajstić information content (AvgIpc) is 2.21. The summed E-state index contributed by atoms with van der Waals surface area (Å²) in [5.41, 5.74) is 5.89. The summed E-state index contributed by atoms with van der Waals surface area (Å²) >= 11 is 5.79. The number of rotatable bonds is 3. The van der Waals surface area contributed by atoms with E-state index in [4.69, 9.17) is 17.3 Å². The van der Waals surface area contributed by atoms with E-state index in [9.17, 15) is 4.79 Å². The summed E-state index contributed by atoms with van der Waals surface area (Å²) < 4.78 is 0. The van der Waals surface area contributed by atoms with Crippen molar-refractivity contribution in [2.75, 3.05) is 5.73 Å². The molecule has 0 spiro atoms. The number of carbonyl (C=O) groups is 1. The molecule has 1 aromatic rings. The second kappa shape index (κ2) is 5.16. The minimum absolute atomic E-state index is 0.101. The fraction of sp³-hybridized carbons (Fsp3) is 0.455. The maximum Gasteiger partial charge on any atom is 0.253 e. The van der Waals surface area contributed by atoms with Crippen LogP contribution in [-0.4, -0.2) is 16.9 Å². The van der Waals surface area contributed by atoms with Gasteiger partial charge in [0.2, 0.25) is 0 Å². The molecule has 0 aliphatic rings. The average molecular weight is 242 g/mol. The molecular formula is C11H16ClN3O. The van der Waals surface area contributed by atoms with Crippen LogP contribution < -0.4 is 11.1 Å². The van der Waals surface area contributed by atoms with Gasteiger partial charge in [-0.3, -0.25) is 4.79 Å². The highest BCUT2D eigenvalue weighted by atomic mass is 35.5. The monoisotopic (exact) mass is 241 g/mol. The largest absolute Gasteiger partial charge is 0.382 e. The van der Waals surface area contributed by atoms with Gasteiger partial charge in [-0.25, -0.2) is 4.98 Å². The van der Waals surface area contributed by atoms with E-state index in [1.54, 1.807) is 0 Å². The van der Waals surface area contributed by atoms with Gasteiger partial charge in [-0.1, -0.05) is 25.4 Å². The van der Waals surface area contributed by atoms with Gasteiger partial charge in [0, 0.05) is 12.2 Å². The molecule has 16 heavy (non-hydrogen) atoms. The normalized spacial score (nSPS) is 12.6. The van der Waals surface area contributed by atoms with Crippen LogP contribution in [0.2, 0.25) is 5.02 Å². The number of carbonyl (C=O) groups excluding carboxylic acids is 1. The molecule has 0 bridgehead atoms. The summed E-state index contributed by atoms with van der Waals surface area (Å²) in [4.78, 5) is 15.6. The fourth-order valence-electron chi connectivity index (χ4n) is 1.03. The van der Waals surface area contributed by atoms with E-state index in [0.717, 1.165) is 0 Å². The van der Waals surface area contributed by atoms with Gasteiger partial charge < -0.3 is 11.1 Å². The van der Waals surface area contributed by atoms with Crippen LogP contribution in [0.1, 0.15) is 31.1 Å². The van der Waals surface area contributed by atoms with Gasteiger partial charge in [-0.2, -0.15) is 0 Å². The van der Waals surface area contributed by atoms with Gasteiger partial charge in [-0.15, -0.1) is 0 Å². The predicted molar refractivity (Wildman–Crippen MR) is 65.4 cm³/mol. The Morgan fingerprint density at radius 2 is 2.12 bits per heavy atom. The third-order valence-electron chi connectivity index (χ3n) is 2.49. The van der Waals surface area contributed by atoms with E-state index in [2.05, 4.69) is 10.3 Å². The standard InChI is InChI=1S/C11H16ClN3O/c1-6(2)7(3)15-11(16)8-4-9(12)10(13)14-5-8/h4-7H,1-3H3,(H2,13,14)(H,15,16). The van der Waals surface area contributed by atoms with Gasteiger partial charge in [0.05, 0.1) is 10.6 Å². The molecule has 3 N–H and O–H groups in total. The highest BCUT2D eigenvalue weighted by molar-refractivity contribution is 6.33. The van der Waals surface area contributed by atoms with Crippen molar-refractivity contribution in [2.45, 2.75) is 26.8 Å². The second-order valence-corrected chi connectivity index (χ2v) is 4.50. The van der Waals surface area contributed by atoms with E-state index in [1.807, 2.05) is 20.8 Å². The van der Waals surface area contributed by atoms with E-state index < -0.39 is 0 Å². The van der Waals surface area contributed by atoms with E-state index >= 15 is 0 Å². The third-order valence-corrected chi connectivity index (χ3v) is 2.79. The highest BCUT2D eigenvalue weighted by Crippen LogP contribution is 2.16. The number of pyridine rings is 1. The Morgan fingerprint density at radius 3 is 2.62 bits per heavy atom. The lowest BCUT2D eigenvalue weighted by Crippen LogP contribution is -2.36. The van der Waals surface area contributed by atoms with Crippen LogP contribution in [-0.2, 0) is 0 Å². The molecule has 1 rings (SSSR count). The number of hydrogen-bond donors (Lipinski definition) is 2. The predicted octanol–water partition coefficient (Wildman–Crippen LogP) is 2.09. The van der Waals surface area contributed by atoms with Crippen molar-refractivity contribution in [1.29, 1.82) is 0 Å². The molecular weight excluding hydrogens is 226 g/mol. The van der Waals surface area contributed by atoms with Gasteiger partial charge in [-0.05, 0) is 18.9 Å². The molecule has 1 aromatic heterocycles. The maximum atomic E-state index is 11.8. The van der Waals surface area contributed by atoms with Crippen molar-refractivity contribution in [1.82, 2.24) is 10.3 Å². The summed E-state index contributed by atoms with van der Waals surface area (Å²) in [6.07, 6.45) is 1.42. The van der Waals surface area contributed by atoms with Gasteiger partial charge >= 0.3 is 0 Å². The first kappa shape index (κ1) is 12.8. The Labute approximate surface area is 100 Å². The molecule has 0 fully saturated rings. The first-order valence-corrected chi connectivity index (χ1v) is 5.51. The Balaban J connectivity index is 2.77. The summed E-state index contributed by atoms with van der Waals surface area (Å²) in [5.74, 6) is 0.423. The van der Waals surface area contributed by atoms with Crippen molar-refractivity contribution < 1.29 is 4.79 Å². The lowest BCUT2D eigenvalue weighted by Gasteiger charge is -2.17. The van der Waals surface area contributed by atoms with Crippen LogP contribution in [0, 0.1) is 5.92 Å². The lowest BCUT2D eigenvalue weighted by molar-refractivity contribution is 0.0930. The number of amides is 1. The van der Waals surface area contributed by atoms with Crippen molar-refractivity contribution >= 4 is 23.3 Å². The molecule has 4 nitrogen and oxygen atoms in total. The van der Waals surface area contributed by atoms with Gasteiger partial charge in [0.15, 0.2) is 0 Å². The Morgan fingerprint density at radius 1 is 1.50 bits per heavy atom. The fourth-order valence-corrected chi connectivity index (χ4v) is 1.20. The highest BCUT2D eigenvalue weighted by Gasteiger charge is 2.13. The van der Waals surface area contributed by atoms with Gasteiger partial charge in [0.1, 0.15) is 5.82 Å². The van der Waals surface area contributed by atoms with E-state index in [1.165, 1.54) is 12.3 Å². The molecule has 88 valence electrons. The summed E-state index contributed by atoms with van der Waals surface area (Å²) in [7, 11) is 0. The molecule has 0 aliphatic heterocycles. The zero-order chi connectivity index (χ0) is 12.3. The smallest absolute Gasteiger partial charge is 0.253 e. The van der Waals surface area contributed by atoms with Crippen LogP contribution in [0.15, 0.2) is 12.3 Å². The number of anilines is 1. The number of nitrogens with one attached hydrogen (secondary N) is 1. The van der Waals surface area contributed by atoms with Crippen LogP contribution in [0.5, 0.6) is 0 Å². The first-order valence-electron chi connectivity index (χ1n) is 5.13.